The average molecular weight is 249 g/mol. The third kappa shape index (κ3) is 6.40. The Bertz CT molecular complexity index is 338. The van der Waals surface area contributed by atoms with Crippen molar-refractivity contribution in [1.29, 1.82) is 0 Å². The molecule has 0 amide bonds. The number of carboxylic acid groups (broad SMARTS) is 1. The molecule has 0 saturated carbocycles. The van der Waals surface area contributed by atoms with Gasteiger partial charge in [-0.05, 0) is 24.9 Å². The van der Waals surface area contributed by atoms with Gasteiger partial charge in [0.05, 0.1) is 6.54 Å². The molecule has 0 aliphatic carbocycles. The van der Waals surface area contributed by atoms with Gasteiger partial charge in [0.1, 0.15) is 0 Å². The van der Waals surface area contributed by atoms with Gasteiger partial charge in [-0.2, -0.15) is 0 Å². The zero-order valence-corrected chi connectivity index (χ0v) is 11.1. The Morgan fingerprint density at radius 2 is 1.89 bits per heavy atom. The second kappa shape index (κ2) is 8.70. The molecular weight excluding hydrogens is 226 g/mol. The molecule has 1 aromatic carbocycles. The van der Waals surface area contributed by atoms with E-state index in [-0.39, 0.29) is 6.54 Å². The SMILES string of the molecule is CCCCCN(CCc1ccccc1)CC(=O)O. The van der Waals surface area contributed by atoms with Gasteiger partial charge in [0.2, 0.25) is 0 Å². The fraction of sp³-hybridized carbons (Fsp3) is 0.533. The molecule has 1 N–H and O–H groups in total. The third-order valence-corrected chi connectivity index (χ3v) is 3.00. The monoisotopic (exact) mass is 249 g/mol. The van der Waals surface area contributed by atoms with Crippen molar-refractivity contribution in [2.45, 2.75) is 32.6 Å². The number of carbonyl (C=O) groups is 1. The van der Waals surface area contributed by atoms with Crippen molar-refractivity contribution in [2.24, 2.45) is 0 Å². The van der Waals surface area contributed by atoms with Gasteiger partial charge in [-0.3, -0.25) is 9.69 Å². The normalized spacial score (nSPS) is 10.8. The lowest BCUT2D eigenvalue weighted by atomic mass is 10.1. The molecule has 18 heavy (non-hydrogen) atoms. The quantitative estimate of drug-likeness (QED) is 0.684. The van der Waals surface area contributed by atoms with Crippen molar-refractivity contribution in [3.8, 4) is 0 Å². The number of benzene rings is 1. The van der Waals surface area contributed by atoms with Gasteiger partial charge in [0, 0.05) is 6.54 Å². The Morgan fingerprint density at radius 3 is 2.50 bits per heavy atom. The van der Waals surface area contributed by atoms with Crippen LogP contribution in [-0.4, -0.2) is 35.6 Å². The molecule has 0 radical (unpaired) electrons. The van der Waals surface area contributed by atoms with Gasteiger partial charge in [-0.1, -0.05) is 50.1 Å². The highest BCUT2D eigenvalue weighted by Gasteiger charge is 2.09. The minimum Gasteiger partial charge on any atom is -0.480 e. The lowest BCUT2D eigenvalue weighted by Gasteiger charge is -2.20. The lowest BCUT2D eigenvalue weighted by molar-refractivity contribution is -0.138. The first kappa shape index (κ1) is 14.7. The van der Waals surface area contributed by atoms with E-state index in [1.54, 1.807) is 0 Å². The predicted molar refractivity (Wildman–Crippen MR) is 73.7 cm³/mol. The second-order valence-electron chi connectivity index (χ2n) is 4.61. The zero-order valence-electron chi connectivity index (χ0n) is 11.1. The molecular formula is C15H23NO2. The highest BCUT2D eigenvalue weighted by molar-refractivity contribution is 5.69. The molecule has 0 fully saturated rings. The maximum atomic E-state index is 10.8. The first-order chi connectivity index (χ1) is 8.72. The molecule has 0 bridgehead atoms. The van der Waals surface area contributed by atoms with E-state index in [1.165, 1.54) is 18.4 Å². The molecule has 0 unspecified atom stereocenters. The predicted octanol–water partition coefficient (Wildman–Crippen LogP) is 2.81. The van der Waals surface area contributed by atoms with Crippen LogP contribution in [0.2, 0.25) is 0 Å². The maximum Gasteiger partial charge on any atom is 0.317 e. The maximum absolute atomic E-state index is 10.8. The molecule has 0 aromatic heterocycles. The fourth-order valence-electron chi connectivity index (χ4n) is 1.98. The van der Waals surface area contributed by atoms with E-state index < -0.39 is 5.97 Å². The summed E-state index contributed by atoms with van der Waals surface area (Å²) < 4.78 is 0. The number of rotatable bonds is 9. The van der Waals surface area contributed by atoms with Gasteiger partial charge in [0.15, 0.2) is 0 Å². The minimum atomic E-state index is -0.737. The Morgan fingerprint density at radius 1 is 1.17 bits per heavy atom. The summed E-state index contributed by atoms with van der Waals surface area (Å²) in [7, 11) is 0. The molecule has 0 heterocycles. The molecule has 3 heteroatoms. The van der Waals surface area contributed by atoms with Crippen LogP contribution in [0.1, 0.15) is 31.7 Å². The van der Waals surface area contributed by atoms with Crippen LogP contribution in [0.15, 0.2) is 30.3 Å². The van der Waals surface area contributed by atoms with E-state index in [4.69, 9.17) is 5.11 Å². The van der Waals surface area contributed by atoms with Crippen molar-refractivity contribution in [1.82, 2.24) is 4.90 Å². The van der Waals surface area contributed by atoms with Crippen molar-refractivity contribution >= 4 is 5.97 Å². The largest absolute Gasteiger partial charge is 0.480 e. The van der Waals surface area contributed by atoms with Crippen LogP contribution in [0.25, 0.3) is 0 Å². The van der Waals surface area contributed by atoms with Crippen LogP contribution in [0.5, 0.6) is 0 Å². The van der Waals surface area contributed by atoms with Crippen molar-refractivity contribution in [2.75, 3.05) is 19.6 Å². The van der Waals surface area contributed by atoms with Crippen molar-refractivity contribution in [3.63, 3.8) is 0 Å². The molecule has 0 atom stereocenters. The van der Waals surface area contributed by atoms with Crippen LogP contribution in [0.3, 0.4) is 0 Å². The highest BCUT2D eigenvalue weighted by atomic mass is 16.4. The minimum absolute atomic E-state index is 0.149. The Kier molecular flexibility index (Phi) is 7.11. The van der Waals surface area contributed by atoms with Crippen molar-refractivity contribution in [3.05, 3.63) is 35.9 Å². The van der Waals surface area contributed by atoms with Gasteiger partial charge < -0.3 is 5.11 Å². The summed E-state index contributed by atoms with van der Waals surface area (Å²) in [5.41, 5.74) is 1.27. The molecule has 0 saturated heterocycles. The van der Waals surface area contributed by atoms with Crippen LogP contribution in [-0.2, 0) is 11.2 Å². The molecule has 1 aromatic rings. The van der Waals surface area contributed by atoms with Crippen LogP contribution >= 0.6 is 0 Å². The van der Waals surface area contributed by atoms with E-state index in [0.29, 0.717) is 0 Å². The smallest absolute Gasteiger partial charge is 0.317 e. The molecule has 0 aliphatic rings. The van der Waals surface area contributed by atoms with Gasteiger partial charge >= 0.3 is 5.97 Å². The zero-order chi connectivity index (χ0) is 13.2. The standard InChI is InChI=1S/C15H23NO2/c1-2-3-7-11-16(13-15(17)18)12-10-14-8-5-4-6-9-14/h4-6,8-9H,2-3,7,10-13H2,1H3,(H,17,18). The fourth-order valence-corrected chi connectivity index (χ4v) is 1.98. The van der Waals surface area contributed by atoms with Gasteiger partial charge in [-0.15, -0.1) is 0 Å². The van der Waals surface area contributed by atoms with E-state index >= 15 is 0 Å². The molecule has 0 spiro atoms. The van der Waals surface area contributed by atoms with Crippen LogP contribution in [0.4, 0.5) is 0 Å². The van der Waals surface area contributed by atoms with Crippen LogP contribution < -0.4 is 0 Å². The summed E-state index contributed by atoms with van der Waals surface area (Å²) >= 11 is 0. The number of hydrogen-bond acceptors (Lipinski definition) is 2. The molecule has 1 rings (SSSR count). The highest BCUT2D eigenvalue weighted by Crippen LogP contribution is 2.03. The number of nitrogens with zero attached hydrogens (tertiary/aromatic N) is 1. The topological polar surface area (TPSA) is 40.5 Å². The summed E-state index contributed by atoms with van der Waals surface area (Å²) in [6.45, 7) is 4.01. The summed E-state index contributed by atoms with van der Waals surface area (Å²) in [4.78, 5) is 12.8. The number of hydrogen-bond donors (Lipinski definition) is 1. The molecule has 100 valence electrons. The molecule has 3 nitrogen and oxygen atoms in total. The lowest BCUT2D eigenvalue weighted by Crippen LogP contribution is -2.32. The Balaban J connectivity index is 2.37. The number of aliphatic carboxylic acids is 1. The third-order valence-electron chi connectivity index (χ3n) is 3.00. The van der Waals surface area contributed by atoms with Crippen LogP contribution in [0, 0.1) is 0 Å². The van der Waals surface area contributed by atoms with Gasteiger partial charge in [-0.25, -0.2) is 0 Å². The first-order valence-electron chi connectivity index (χ1n) is 6.70. The Hall–Kier alpha value is -1.35. The summed E-state index contributed by atoms with van der Waals surface area (Å²) in [5, 5.41) is 8.90. The summed E-state index contributed by atoms with van der Waals surface area (Å²) in [6, 6.07) is 10.2. The van der Waals surface area contributed by atoms with E-state index in [9.17, 15) is 4.79 Å². The van der Waals surface area contributed by atoms with E-state index in [2.05, 4.69) is 19.1 Å². The van der Waals surface area contributed by atoms with Crippen molar-refractivity contribution < 1.29 is 9.90 Å². The van der Waals surface area contributed by atoms with Gasteiger partial charge in [0.25, 0.3) is 0 Å². The summed E-state index contributed by atoms with van der Waals surface area (Å²) in [5.74, 6) is -0.737. The Labute approximate surface area is 109 Å². The number of carboxylic acids is 1. The van der Waals surface area contributed by atoms with E-state index in [1.807, 2.05) is 23.1 Å². The molecule has 0 aliphatic heterocycles. The average Bonchev–Trinajstić information content (AvgIpc) is 2.37. The first-order valence-corrected chi connectivity index (χ1v) is 6.70. The summed E-state index contributed by atoms with van der Waals surface area (Å²) in [6.07, 6.45) is 4.33. The second-order valence-corrected chi connectivity index (χ2v) is 4.61. The number of unbranched alkanes of at least 4 members (excludes halogenated alkanes) is 2. The van der Waals surface area contributed by atoms with E-state index in [0.717, 1.165) is 25.9 Å².